The number of carbonyl (C=O) groups is 1. The maximum absolute atomic E-state index is 12.9. The van der Waals surface area contributed by atoms with Gasteiger partial charge in [0.1, 0.15) is 4.90 Å². The average Bonchev–Trinajstić information content (AvgIpc) is 3.25. The number of urea groups is 1. The first-order valence-electron chi connectivity index (χ1n) is 12.3. The first-order chi connectivity index (χ1) is 17.3. The highest BCUT2D eigenvalue weighted by molar-refractivity contribution is 7.87. The van der Waals surface area contributed by atoms with Gasteiger partial charge in [0.2, 0.25) is 5.75 Å². The van der Waals surface area contributed by atoms with Crippen molar-refractivity contribution in [1.29, 1.82) is 0 Å². The molecule has 1 heterocycles. The third-order valence-electron chi connectivity index (χ3n) is 6.16. The van der Waals surface area contributed by atoms with Gasteiger partial charge in [-0.25, -0.2) is 4.79 Å². The van der Waals surface area contributed by atoms with Crippen LogP contribution in [0.15, 0.2) is 41.3 Å². The van der Waals surface area contributed by atoms with Crippen LogP contribution in [0.4, 0.5) is 10.5 Å². The van der Waals surface area contributed by atoms with E-state index in [1.54, 1.807) is 17.0 Å². The van der Waals surface area contributed by atoms with Crippen LogP contribution in [0.3, 0.4) is 0 Å². The largest absolute Gasteiger partial charge is 0.493 e. The summed E-state index contributed by atoms with van der Waals surface area (Å²) in [5.41, 5.74) is 0.650. The minimum absolute atomic E-state index is 0.0219. The van der Waals surface area contributed by atoms with E-state index < -0.39 is 10.1 Å². The van der Waals surface area contributed by atoms with E-state index in [2.05, 4.69) is 6.92 Å². The predicted octanol–water partition coefficient (Wildman–Crippen LogP) is 5.08. The number of carbonyl (C=O) groups excluding carboxylic acids is 1. The van der Waals surface area contributed by atoms with Gasteiger partial charge >= 0.3 is 16.1 Å². The molecule has 0 atom stereocenters. The molecule has 2 aromatic rings. The molecule has 10 heteroatoms. The molecule has 0 unspecified atom stereocenters. The summed E-state index contributed by atoms with van der Waals surface area (Å²) in [6.07, 6.45) is 7.05. The SMILES string of the molecule is CCCCCCCCN1CCN(c2ccc(S(=O)(=O)Oc3cc(OC)c(OC)c(OC)c3)cc2)C1=O. The van der Waals surface area contributed by atoms with Crippen LogP contribution in [0.5, 0.6) is 23.0 Å². The van der Waals surface area contributed by atoms with Gasteiger partial charge in [-0.2, -0.15) is 8.42 Å². The Bertz CT molecular complexity index is 1090. The monoisotopic (exact) mass is 520 g/mol. The lowest BCUT2D eigenvalue weighted by Crippen LogP contribution is -2.32. The average molecular weight is 521 g/mol. The van der Waals surface area contributed by atoms with Crippen molar-refractivity contribution in [2.45, 2.75) is 50.3 Å². The quantitative estimate of drug-likeness (QED) is 0.253. The maximum atomic E-state index is 12.9. The third-order valence-corrected chi connectivity index (χ3v) is 7.42. The Balaban J connectivity index is 1.64. The minimum atomic E-state index is -4.14. The summed E-state index contributed by atoms with van der Waals surface area (Å²) in [4.78, 5) is 16.3. The van der Waals surface area contributed by atoms with Crippen molar-refractivity contribution in [3.63, 3.8) is 0 Å². The zero-order valence-electron chi connectivity index (χ0n) is 21.5. The predicted molar refractivity (Wildman–Crippen MR) is 138 cm³/mol. The summed E-state index contributed by atoms with van der Waals surface area (Å²) < 4.78 is 46.9. The Labute approximate surface area is 214 Å². The van der Waals surface area contributed by atoms with E-state index in [1.807, 2.05) is 4.90 Å². The van der Waals surface area contributed by atoms with Crippen molar-refractivity contribution in [2.75, 3.05) is 45.9 Å². The van der Waals surface area contributed by atoms with Gasteiger partial charge in [-0.1, -0.05) is 39.0 Å². The summed E-state index contributed by atoms with van der Waals surface area (Å²) in [7, 11) is 0.188. The summed E-state index contributed by atoms with van der Waals surface area (Å²) in [6, 6.07) is 8.89. The smallest absolute Gasteiger partial charge is 0.339 e. The molecule has 2 amide bonds. The normalized spacial score (nSPS) is 13.7. The number of nitrogens with zero attached hydrogens (tertiary/aromatic N) is 2. The Morgan fingerprint density at radius 3 is 2.03 bits per heavy atom. The number of hydrogen-bond donors (Lipinski definition) is 0. The van der Waals surface area contributed by atoms with E-state index in [1.165, 1.54) is 71.3 Å². The molecule has 1 aliphatic rings. The van der Waals surface area contributed by atoms with E-state index in [0.717, 1.165) is 19.4 Å². The van der Waals surface area contributed by atoms with Crippen molar-refractivity contribution in [2.24, 2.45) is 0 Å². The number of hydrogen-bond acceptors (Lipinski definition) is 7. The molecule has 3 rings (SSSR count). The molecule has 198 valence electrons. The number of benzene rings is 2. The molecule has 0 bridgehead atoms. The van der Waals surface area contributed by atoms with E-state index in [9.17, 15) is 13.2 Å². The molecule has 0 aliphatic carbocycles. The number of anilines is 1. The second-order valence-corrected chi connectivity index (χ2v) is 10.1. The standard InChI is InChI=1S/C26H36N2O7S/c1-5-6-7-8-9-10-15-27-16-17-28(26(27)29)20-11-13-22(14-12-20)36(30,31)35-21-18-23(32-2)25(34-4)24(19-21)33-3/h11-14,18-19H,5-10,15-17H2,1-4H3. The third kappa shape index (κ3) is 6.54. The Hall–Kier alpha value is -3.14. The number of methoxy groups -OCH3 is 3. The molecule has 36 heavy (non-hydrogen) atoms. The second-order valence-electron chi connectivity index (χ2n) is 8.58. The first kappa shape index (κ1) is 27.4. The lowest BCUT2D eigenvalue weighted by molar-refractivity contribution is 0.219. The van der Waals surface area contributed by atoms with Gasteiger partial charge in [0, 0.05) is 37.5 Å². The van der Waals surface area contributed by atoms with E-state index >= 15 is 0 Å². The summed E-state index contributed by atoms with van der Waals surface area (Å²) in [5, 5.41) is 0. The number of amides is 2. The fourth-order valence-electron chi connectivity index (χ4n) is 4.19. The topological polar surface area (TPSA) is 94.6 Å². The van der Waals surface area contributed by atoms with Gasteiger partial charge < -0.3 is 23.3 Å². The zero-order valence-corrected chi connectivity index (χ0v) is 22.3. The van der Waals surface area contributed by atoms with Crippen molar-refractivity contribution >= 4 is 21.8 Å². The van der Waals surface area contributed by atoms with E-state index in [-0.39, 0.29) is 28.2 Å². The lowest BCUT2D eigenvalue weighted by Gasteiger charge is -2.19. The maximum Gasteiger partial charge on any atom is 0.339 e. The van der Waals surface area contributed by atoms with Crippen molar-refractivity contribution < 1.29 is 31.6 Å². The highest BCUT2D eigenvalue weighted by atomic mass is 32.2. The van der Waals surface area contributed by atoms with E-state index in [0.29, 0.717) is 24.5 Å². The summed E-state index contributed by atoms with van der Waals surface area (Å²) in [6.45, 7) is 4.18. The molecule has 1 saturated heterocycles. The molecular weight excluding hydrogens is 484 g/mol. The molecule has 0 N–H and O–H groups in total. The van der Waals surface area contributed by atoms with Crippen LogP contribution in [0.1, 0.15) is 45.4 Å². The number of rotatable bonds is 14. The van der Waals surface area contributed by atoms with Crippen molar-refractivity contribution in [3.8, 4) is 23.0 Å². The molecule has 0 aromatic heterocycles. The van der Waals surface area contributed by atoms with Crippen LogP contribution in [-0.2, 0) is 10.1 Å². The number of unbranched alkanes of at least 4 members (excludes halogenated alkanes) is 5. The van der Waals surface area contributed by atoms with Crippen LogP contribution < -0.4 is 23.3 Å². The summed E-state index contributed by atoms with van der Waals surface area (Å²) in [5.74, 6) is 0.898. The molecule has 1 fully saturated rings. The lowest BCUT2D eigenvalue weighted by atomic mass is 10.1. The Morgan fingerprint density at radius 1 is 0.833 bits per heavy atom. The highest BCUT2D eigenvalue weighted by Crippen LogP contribution is 2.41. The fraction of sp³-hybridized carbons (Fsp3) is 0.500. The Morgan fingerprint density at radius 2 is 1.44 bits per heavy atom. The summed E-state index contributed by atoms with van der Waals surface area (Å²) >= 11 is 0. The molecule has 0 radical (unpaired) electrons. The number of ether oxygens (including phenoxy) is 3. The Kier molecular flexibility index (Phi) is 9.69. The van der Waals surface area contributed by atoms with Gasteiger partial charge in [-0.05, 0) is 30.7 Å². The fourth-order valence-corrected chi connectivity index (χ4v) is 5.10. The van der Waals surface area contributed by atoms with Gasteiger partial charge in [0.05, 0.1) is 21.3 Å². The molecule has 1 aliphatic heterocycles. The second kappa shape index (κ2) is 12.7. The molecule has 0 saturated carbocycles. The van der Waals surface area contributed by atoms with Crippen LogP contribution in [0.2, 0.25) is 0 Å². The van der Waals surface area contributed by atoms with Gasteiger partial charge in [-0.3, -0.25) is 4.90 Å². The zero-order chi connectivity index (χ0) is 26.1. The molecule has 2 aromatic carbocycles. The van der Waals surface area contributed by atoms with Crippen LogP contribution in [0.25, 0.3) is 0 Å². The van der Waals surface area contributed by atoms with Crippen molar-refractivity contribution in [3.05, 3.63) is 36.4 Å². The van der Waals surface area contributed by atoms with Gasteiger partial charge in [0.15, 0.2) is 17.2 Å². The molecular formula is C26H36N2O7S. The van der Waals surface area contributed by atoms with Crippen LogP contribution in [-0.4, -0.2) is 60.3 Å². The van der Waals surface area contributed by atoms with Gasteiger partial charge in [0.25, 0.3) is 0 Å². The van der Waals surface area contributed by atoms with E-state index in [4.69, 9.17) is 18.4 Å². The molecule has 9 nitrogen and oxygen atoms in total. The van der Waals surface area contributed by atoms with Crippen LogP contribution in [0, 0.1) is 0 Å². The minimum Gasteiger partial charge on any atom is -0.493 e. The highest BCUT2D eigenvalue weighted by Gasteiger charge is 2.29. The van der Waals surface area contributed by atoms with Crippen molar-refractivity contribution in [1.82, 2.24) is 4.90 Å². The van der Waals surface area contributed by atoms with Gasteiger partial charge in [-0.15, -0.1) is 0 Å². The molecule has 0 spiro atoms. The first-order valence-corrected chi connectivity index (χ1v) is 13.7. The van der Waals surface area contributed by atoms with Crippen LogP contribution >= 0.6 is 0 Å².